The smallest absolute Gasteiger partial charge is 0.0569 e. The van der Waals surface area contributed by atoms with E-state index in [1.54, 1.807) is 18.2 Å². The number of nitrogen functional groups attached to an aromatic ring is 3. The van der Waals surface area contributed by atoms with Gasteiger partial charge >= 0.3 is 0 Å². The van der Waals surface area contributed by atoms with Crippen molar-refractivity contribution in [3.05, 3.63) is 18.2 Å². The number of hydrogen-bond acceptors (Lipinski definition) is 4. The Labute approximate surface area is 59.0 Å². The van der Waals surface area contributed by atoms with E-state index in [-0.39, 0.29) is 0 Å². The molecule has 7 N–H and O–H groups in total. The summed E-state index contributed by atoms with van der Waals surface area (Å²) in [5.41, 5.74) is 15.2. The van der Waals surface area contributed by atoms with Crippen LogP contribution in [0.15, 0.2) is 18.2 Å². The lowest BCUT2D eigenvalue weighted by Crippen LogP contribution is -2.07. The van der Waals surface area contributed by atoms with Crippen LogP contribution in [0.3, 0.4) is 0 Å². The largest absolute Gasteiger partial charge is 0.397 e. The van der Waals surface area contributed by atoms with Crippen LogP contribution < -0.4 is 22.7 Å². The van der Waals surface area contributed by atoms with Gasteiger partial charge in [-0.1, -0.05) is 0 Å². The van der Waals surface area contributed by atoms with E-state index in [0.717, 1.165) is 5.69 Å². The van der Waals surface area contributed by atoms with Gasteiger partial charge in [0.2, 0.25) is 0 Å². The van der Waals surface area contributed by atoms with Crippen molar-refractivity contribution in [2.45, 2.75) is 0 Å². The number of anilines is 3. The highest BCUT2D eigenvalue weighted by Gasteiger charge is 1.93. The van der Waals surface area contributed by atoms with E-state index in [0.29, 0.717) is 11.4 Å². The van der Waals surface area contributed by atoms with Gasteiger partial charge in [-0.2, -0.15) is 0 Å². The minimum absolute atomic E-state index is 0.537. The van der Waals surface area contributed by atoms with Crippen LogP contribution in [0.4, 0.5) is 17.1 Å². The summed E-state index contributed by atoms with van der Waals surface area (Å²) in [7, 11) is 0. The average Bonchev–Trinajstić information content (AvgIpc) is 1.95. The van der Waals surface area contributed by atoms with Crippen LogP contribution in [-0.2, 0) is 0 Å². The Morgan fingerprint density at radius 3 is 2.30 bits per heavy atom. The van der Waals surface area contributed by atoms with E-state index in [1.165, 1.54) is 0 Å². The van der Waals surface area contributed by atoms with Gasteiger partial charge in [-0.05, 0) is 18.2 Å². The van der Waals surface area contributed by atoms with Crippen molar-refractivity contribution in [2.75, 3.05) is 16.9 Å². The van der Waals surface area contributed by atoms with Crippen LogP contribution in [0.1, 0.15) is 0 Å². The van der Waals surface area contributed by atoms with Gasteiger partial charge in [0.05, 0.1) is 17.1 Å². The summed E-state index contributed by atoms with van der Waals surface area (Å²) in [5, 5.41) is 0. The molecule has 0 bridgehead atoms. The molecule has 4 heteroatoms. The second-order valence-corrected chi connectivity index (χ2v) is 1.99. The molecule has 0 radical (unpaired) electrons. The van der Waals surface area contributed by atoms with Crippen LogP contribution in [0.5, 0.6) is 0 Å². The van der Waals surface area contributed by atoms with Gasteiger partial charge in [-0.3, -0.25) is 5.84 Å². The molecule has 0 spiro atoms. The minimum atomic E-state index is 0.537. The van der Waals surface area contributed by atoms with E-state index in [9.17, 15) is 0 Å². The lowest BCUT2D eigenvalue weighted by molar-refractivity contribution is 1.35. The molecule has 0 saturated carbocycles. The quantitative estimate of drug-likeness (QED) is 0.252. The monoisotopic (exact) mass is 138 g/mol. The van der Waals surface area contributed by atoms with E-state index in [4.69, 9.17) is 17.3 Å². The summed E-state index contributed by atoms with van der Waals surface area (Å²) < 4.78 is 0. The van der Waals surface area contributed by atoms with Crippen LogP contribution in [0.25, 0.3) is 0 Å². The van der Waals surface area contributed by atoms with Crippen molar-refractivity contribution in [2.24, 2.45) is 5.84 Å². The average molecular weight is 138 g/mol. The van der Waals surface area contributed by atoms with Gasteiger partial charge in [0.15, 0.2) is 0 Å². The standard InChI is InChI=1S/C6H10N4/c7-5-2-1-4(10-9)3-6(5)8/h1-3,10H,7-9H2. The first-order chi connectivity index (χ1) is 4.74. The van der Waals surface area contributed by atoms with Gasteiger partial charge in [0.1, 0.15) is 0 Å². The van der Waals surface area contributed by atoms with E-state index < -0.39 is 0 Å². The maximum Gasteiger partial charge on any atom is 0.0569 e. The lowest BCUT2D eigenvalue weighted by atomic mass is 10.2. The second-order valence-electron chi connectivity index (χ2n) is 1.99. The van der Waals surface area contributed by atoms with Crippen LogP contribution >= 0.6 is 0 Å². The second kappa shape index (κ2) is 2.45. The summed E-state index contributed by atoms with van der Waals surface area (Å²) in [6.07, 6.45) is 0. The molecule has 1 aromatic rings. The molecule has 0 aliphatic heterocycles. The van der Waals surface area contributed by atoms with E-state index in [2.05, 4.69) is 5.43 Å². The first kappa shape index (κ1) is 6.70. The molecule has 1 aromatic carbocycles. The summed E-state index contributed by atoms with van der Waals surface area (Å²) in [4.78, 5) is 0. The van der Waals surface area contributed by atoms with E-state index >= 15 is 0 Å². The van der Waals surface area contributed by atoms with E-state index in [1.807, 2.05) is 0 Å². The molecule has 0 saturated heterocycles. The molecular weight excluding hydrogens is 128 g/mol. The highest BCUT2D eigenvalue weighted by molar-refractivity contribution is 5.68. The minimum Gasteiger partial charge on any atom is -0.397 e. The Bertz CT molecular complexity index is 233. The van der Waals surface area contributed by atoms with Gasteiger partial charge in [-0.25, -0.2) is 0 Å². The fourth-order valence-corrected chi connectivity index (χ4v) is 0.665. The van der Waals surface area contributed by atoms with Crippen LogP contribution in [0, 0.1) is 0 Å². The number of nitrogens with two attached hydrogens (primary N) is 3. The summed E-state index contributed by atoms with van der Waals surface area (Å²) in [5.74, 6) is 5.12. The fourth-order valence-electron chi connectivity index (χ4n) is 0.665. The summed E-state index contributed by atoms with van der Waals surface area (Å²) >= 11 is 0. The normalized spacial score (nSPS) is 9.30. The van der Waals surface area contributed by atoms with Crippen LogP contribution in [-0.4, -0.2) is 0 Å². The third-order valence-electron chi connectivity index (χ3n) is 1.25. The maximum atomic E-state index is 5.48. The lowest BCUT2D eigenvalue weighted by Gasteiger charge is -2.02. The molecule has 54 valence electrons. The zero-order chi connectivity index (χ0) is 7.56. The van der Waals surface area contributed by atoms with Gasteiger partial charge in [0, 0.05) is 0 Å². The third-order valence-corrected chi connectivity index (χ3v) is 1.25. The predicted molar refractivity (Wildman–Crippen MR) is 43.1 cm³/mol. The molecule has 0 aromatic heterocycles. The molecule has 0 heterocycles. The Hall–Kier alpha value is -1.42. The zero-order valence-electron chi connectivity index (χ0n) is 5.46. The van der Waals surface area contributed by atoms with Crippen molar-refractivity contribution in [3.8, 4) is 0 Å². The first-order valence-corrected chi connectivity index (χ1v) is 2.85. The van der Waals surface area contributed by atoms with Crippen LogP contribution in [0.2, 0.25) is 0 Å². The first-order valence-electron chi connectivity index (χ1n) is 2.85. The molecule has 0 amide bonds. The third kappa shape index (κ3) is 1.11. The zero-order valence-corrected chi connectivity index (χ0v) is 5.46. The molecule has 0 atom stereocenters. The Morgan fingerprint density at radius 2 is 1.80 bits per heavy atom. The van der Waals surface area contributed by atoms with Crippen molar-refractivity contribution in [1.29, 1.82) is 0 Å². The molecule has 0 unspecified atom stereocenters. The molecule has 0 fully saturated rings. The molecule has 0 aliphatic carbocycles. The molecule has 0 aliphatic rings. The summed E-state index contributed by atoms with van der Waals surface area (Å²) in [6, 6.07) is 5.13. The van der Waals surface area contributed by atoms with Gasteiger partial charge < -0.3 is 16.9 Å². The number of nitrogens with one attached hydrogen (secondary N) is 1. The molecule has 4 nitrogen and oxygen atoms in total. The molecule has 10 heavy (non-hydrogen) atoms. The Balaban J connectivity index is 3.04. The fraction of sp³-hybridized carbons (Fsp3) is 0. The SMILES string of the molecule is NNc1ccc(N)c(N)c1. The van der Waals surface area contributed by atoms with Gasteiger partial charge in [0.25, 0.3) is 0 Å². The van der Waals surface area contributed by atoms with Crippen molar-refractivity contribution in [1.82, 2.24) is 0 Å². The molecular formula is C6H10N4. The number of rotatable bonds is 1. The Morgan fingerprint density at radius 1 is 1.10 bits per heavy atom. The van der Waals surface area contributed by atoms with Crippen molar-refractivity contribution < 1.29 is 0 Å². The highest BCUT2D eigenvalue weighted by atomic mass is 15.2. The van der Waals surface area contributed by atoms with Crippen molar-refractivity contribution in [3.63, 3.8) is 0 Å². The highest BCUT2D eigenvalue weighted by Crippen LogP contribution is 2.18. The van der Waals surface area contributed by atoms with Gasteiger partial charge in [-0.15, -0.1) is 0 Å². The number of hydrogen-bond donors (Lipinski definition) is 4. The molecule has 1 rings (SSSR count). The Kier molecular flexibility index (Phi) is 1.64. The topological polar surface area (TPSA) is 90.1 Å². The number of benzene rings is 1. The summed E-state index contributed by atoms with van der Waals surface area (Å²) in [6.45, 7) is 0. The maximum absolute atomic E-state index is 5.48. The van der Waals surface area contributed by atoms with Crippen molar-refractivity contribution >= 4 is 17.1 Å². The predicted octanol–water partition coefficient (Wildman–Crippen LogP) is 0.137. The number of hydrazine groups is 1.